The fourth-order valence-corrected chi connectivity index (χ4v) is 2.51. The molecule has 0 bridgehead atoms. The Bertz CT molecular complexity index is 464. The van der Waals surface area contributed by atoms with E-state index in [2.05, 4.69) is 27.1 Å². The molecule has 0 aliphatic carbocycles. The SMILES string of the molecule is CCN1CCCC1CNc1ncc(C(=O)O)c(C)n1. The Kier molecular flexibility index (Phi) is 4.31. The van der Waals surface area contributed by atoms with E-state index in [4.69, 9.17) is 5.11 Å². The molecule has 2 heterocycles. The van der Waals surface area contributed by atoms with Crippen LogP contribution in [0, 0.1) is 6.92 Å². The zero-order valence-corrected chi connectivity index (χ0v) is 11.4. The number of likely N-dealkylation sites (tertiary alicyclic amines) is 1. The van der Waals surface area contributed by atoms with Crippen LogP contribution in [0.5, 0.6) is 0 Å². The fraction of sp³-hybridized carbons (Fsp3) is 0.615. The lowest BCUT2D eigenvalue weighted by atomic mass is 10.2. The summed E-state index contributed by atoms with van der Waals surface area (Å²) in [5, 5.41) is 12.1. The second-order valence-corrected chi connectivity index (χ2v) is 4.80. The van der Waals surface area contributed by atoms with Gasteiger partial charge in [0.2, 0.25) is 5.95 Å². The molecule has 0 spiro atoms. The number of aryl methyl sites for hydroxylation is 1. The first-order chi connectivity index (χ1) is 9.11. The Balaban J connectivity index is 1.96. The third kappa shape index (κ3) is 3.20. The largest absolute Gasteiger partial charge is 0.478 e. The average molecular weight is 264 g/mol. The zero-order chi connectivity index (χ0) is 13.8. The molecule has 19 heavy (non-hydrogen) atoms. The quantitative estimate of drug-likeness (QED) is 0.836. The molecule has 1 atom stereocenters. The Hall–Kier alpha value is -1.69. The topological polar surface area (TPSA) is 78.4 Å². The molecule has 6 nitrogen and oxygen atoms in total. The lowest BCUT2D eigenvalue weighted by Gasteiger charge is -2.22. The monoisotopic (exact) mass is 264 g/mol. The molecule has 0 saturated carbocycles. The van der Waals surface area contributed by atoms with Crippen molar-refractivity contribution in [1.82, 2.24) is 14.9 Å². The minimum Gasteiger partial charge on any atom is -0.478 e. The van der Waals surface area contributed by atoms with Crippen LogP contribution in [0.1, 0.15) is 35.8 Å². The lowest BCUT2D eigenvalue weighted by molar-refractivity contribution is 0.0695. The highest BCUT2D eigenvalue weighted by Gasteiger charge is 2.22. The summed E-state index contributed by atoms with van der Waals surface area (Å²) in [7, 11) is 0. The normalized spacial score (nSPS) is 19.6. The molecule has 1 saturated heterocycles. The van der Waals surface area contributed by atoms with Crippen LogP contribution < -0.4 is 5.32 Å². The molecule has 1 aromatic heterocycles. The number of anilines is 1. The van der Waals surface area contributed by atoms with Gasteiger partial charge in [-0.3, -0.25) is 4.90 Å². The molecular formula is C13H20N4O2. The molecule has 1 fully saturated rings. The van der Waals surface area contributed by atoms with E-state index in [1.165, 1.54) is 19.0 Å². The molecule has 2 rings (SSSR count). The highest BCUT2D eigenvalue weighted by molar-refractivity contribution is 5.88. The smallest absolute Gasteiger partial charge is 0.339 e. The van der Waals surface area contributed by atoms with Crippen molar-refractivity contribution >= 4 is 11.9 Å². The maximum atomic E-state index is 10.9. The maximum absolute atomic E-state index is 10.9. The van der Waals surface area contributed by atoms with Gasteiger partial charge in [-0.1, -0.05) is 6.92 Å². The van der Waals surface area contributed by atoms with E-state index in [1.807, 2.05) is 0 Å². The number of carboxylic acid groups (broad SMARTS) is 1. The minimum atomic E-state index is -0.989. The number of likely N-dealkylation sites (N-methyl/N-ethyl adjacent to an activating group) is 1. The van der Waals surface area contributed by atoms with Gasteiger partial charge in [0.25, 0.3) is 0 Å². The molecule has 0 radical (unpaired) electrons. The van der Waals surface area contributed by atoms with Crippen molar-refractivity contribution in [2.45, 2.75) is 32.7 Å². The van der Waals surface area contributed by atoms with Gasteiger partial charge in [0.05, 0.1) is 11.3 Å². The number of aromatic carboxylic acids is 1. The van der Waals surface area contributed by atoms with Crippen LogP contribution in [-0.2, 0) is 0 Å². The first kappa shape index (κ1) is 13.7. The third-order valence-electron chi connectivity index (χ3n) is 3.61. The molecule has 1 aromatic rings. The Labute approximate surface area is 112 Å². The number of nitrogens with zero attached hydrogens (tertiary/aromatic N) is 3. The summed E-state index contributed by atoms with van der Waals surface area (Å²) in [6.07, 6.45) is 3.78. The van der Waals surface area contributed by atoms with E-state index in [9.17, 15) is 4.79 Å². The van der Waals surface area contributed by atoms with Crippen molar-refractivity contribution in [3.63, 3.8) is 0 Å². The van der Waals surface area contributed by atoms with Crippen LogP contribution in [0.2, 0.25) is 0 Å². The van der Waals surface area contributed by atoms with E-state index in [1.54, 1.807) is 6.92 Å². The standard InChI is InChI=1S/C13H20N4O2/c1-3-17-6-4-5-10(17)7-14-13-15-8-11(12(18)19)9(2)16-13/h8,10H,3-7H2,1-2H3,(H,18,19)(H,14,15,16). The first-order valence-corrected chi connectivity index (χ1v) is 6.66. The molecule has 1 aliphatic rings. The number of carbonyl (C=O) groups is 1. The van der Waals surface area contributed by atoms with Crippen molar-refractivity contribution < 1.29 is 9.90 Å². The molecule has 1 unspecified atom stereocenters. The van der Waals surface area contributed by atoms with Gasteiger partial charge < -0.3 is 10.4 Å². The van der Waals surface area contributed by atoms with Crippen LogP contribution in [-0.4, -0.2) is 51.6 Å². The first-order valence-electron chi connectivity index (χ1n) is 6.66. The Morgan fingerprint density at radius 1 is 1.63 bits per heavy atom. The second-order valence-electron chi connectivity index (χ2n) is 4.80. The van der Waals surface area contributed by atoms with Crippen molar-refractivity contribution in [2.24, 2.45) is 0 Å². The summed E-state index contributed by atoms with van der Waals surface area (Å²) >= 11 is 0. The predicted octanol–water partition coefficient (Wildman–Crippen LogP) is 1.38. The Morgan fingerprint density at radius 2 is 2.42 bits per heavy atom. The van der Waals surface area contributed by atoms with Gasteiger partial charge in [-0.25, -0.2) is 14.8 Å². The summed E-state index contributed by atoms with van der Waals surface area (Å²) in [6.45, 7) is 6.87. The molecule has 2 N–H and O–H groups in total. The number of nitrogens with one attached hydrogen (secondary N) is 1. The number of carboxylic acids is 1. The third-order valence-corrected chi connectivity index (χ3v) is 3.61. The second kappa shape index (κ2) is 5.97. The summed E-state index contributed by atoms with van der Waals surface area (Å²) in [4.78, 5) is 21.5. The van der Waals surface area contributed by atoms with Gasteiger partial charge in [-0.05, 0) is 32.9 Å². The number of hydrogen-bond acceptors (Lipinski definition) is 5. The van der Waals surface area contributed by atoms with E-state index in [0.717, 1.165) is 19.6 Å². The Morgan fingerprint density at radius 3 is 3.05 bits per heavy atom. The minimum absolute atomic E-state index is 0.154. The van der Waals surface area contributed by atoms with Crippen LogP contribution in [0.25, 0.3) is 0 Å². The van der Waals surface area contributed by atoms with Gasteiger partial charge in [-0.15, -0.1) is 0 Å². The molecule has 1 aliphatic heterocycles. The van der Waals surface area contributed by atoms with Crippen LogP contribution in [0.4, 0.5) is 5.95 Å². The van der Waals surface area contributed by atoms with Gasteiger partial charge in [0.1, 0.15) is 0 Å². The number of hydrogen-bond donors (Lipinski definition) is 2. The van der Waals surface area contributed by atoms with Crippen molar-refractivity contribution in [3.8, 4) is 0 Å². The van der Waals surface area contributed by atoms with Crippen LogP contribution >= 0.6 is 0 Å². The molecule has 0 amide bonds. The number of aromatic nitrogens is 2. The van der Waals surface area contributed by atoms with E-state index in [0.29, 0.717) is 17.7 Å². The zero-order valence-electron chi connectivity index (χ0n) is 11.4. The van der Waals surface area contributed by atoms with E-state index >= 15 is 0 Å². The molecule has 104 valence electrons. The van der Waals surface area contributed by atoms with Gasteiger partial charge >= 0.3 is 5.97 Å². The van der Waals surface area contributed by atoms with Crippen molar-refractivity contribution in [3.05, 3.63) is 17.5 Å². The predicted molar refractivity (Wildman–Crippen MR) is 72.5 cm³/mol. The lowest BCUT2D eigenvalue weighted by Crippen LogP contribution is -2.35. The highest BCUT2D eigenvalue weighted by Crippen LogP contribution is 2.17. The average Bonchev–Trinajstić information content (AvgIpc) is 2.83. The summed E-state index contributed by atoms with van der Waals surface area (Å²) in [5.41, 5.74) is 0.644. The molecule has 6 heteroatoms. The van der Waals surface area contributed by atoms with Gasteiger partial charge in [0.15, 0.2) is 0 Å². The van der Waals surface area contributed by atoms with Crippen LogP contribution in [0.15, 0.2) is 6.20 Å². The summed E-state index contributed by atoms with van der Waals surface area (Å²) in [5.74, 6) is -0.484. The number of rotatable bonds is 5. The van der Waals surface area contributed by atoms with Crippen molar-refractivity contribution in [2.75, 3.05) is 25.0 Å². The maximum Gasteiger partial charge on any atom is 0.339 e. The van der Waals surface area contributed by atoms with E-state index < -0.39 is 5.97 Å². The molecule has 0 aromatic carbocycles. The van der Waals surface area contributed by atoms with Gasteiger partial charge in [-0.2, -0.15) is 0 Å². The summed E-state index contributed by atoms with van der Waals surface area (Å²) < 4.78 is 0. The highest BCUT2D eigenvalue weighted by atomic mass is 16.4. The summed E-state index contributed by atoms with van der Waals surface area (Å²) in [6, 6.07) is 0.521. The van der Waals surface area contributed by atoms with Crippen molar-refractivity contribution in [1.29, 1.82) is 0 Å². The van der Waals surface area contributed by atoms with Gasteiger partial charge in [0, 0.05) is 18.8 Å². The van der Waals surface area contributed by atoms with E-state index in [-0.39, 0.29) is 5.56 Å². The molecular weight excluding hydrogens is 244 g/mol. The fourth-order valence-electron chi connectivity index (χ4n) is 2.51. The van der Waals surface area contributed by atoms with Crippen LogP contribution in [0.3, 0.4) is 0 Å².